The van der Waals surface area contributed by atoms with Crippen LogP contribution in [0.1, 0.15) is 5.56 Å². The molecule has 0 aliphatic rings. The maximum Gasteiger partial charge on any atom is 0.269 e. The van der Waals surface area contributed by atoms with Crippen molar-refractivity contribution in [1.29, 1.82) is 0 Å². The van der Waals surface area contributed by atoms with Gasteiger partial charge in [0, 0.05) is 12.1 Å². The molecule has 0 aliphatic heterocycles. The standard InChI is InChI=1S/C11H8BrN3O3S/c12-9-6-13-11(19-9)14-10(16)5-7-2-1-3-8(4-7)15(17)18/h1-4,6H,5H2,(H,13,14,16). The number of halogens is 1. The van der Waals surface area contributed by atoms with E-state index in [9.17, 15) is 14.9 Å². The quantitative estimate of drug-likeness (QED) is 0.684. The first-order valence-electron chi connectivity index (χ1n) is 5.19. The first-order chi connectivity index (χ1) is 9.04. The lowest BCUT2D eigenvalue weighted by atomic mass is 10.1. The molecule has 19 heavy (non-hydrogen) atoms. The first-order valence-corrected chi connectivity index (χ1v) is 6.80. The fraction of sp³-hybridized carbons (Fsp3) is 0.0909. The Hall–Kier alpha value is -1.80. The third kappa shape index (κ3) is 3.83. The van der Waals surface area contributed by atoms with Crippen LogP contribution < -0.4 is 5.32 Å². The lowest BCUT2D eigenvalue weighted by molar-refractivity contribution is -0.384. The van der Waals surface area contributed by atoms with Crippen LogP contribution in [0.5, 0.6) is 0 Å². The maximum absolute atomic E-state index is 11.7. The van der Waals surface area contributed by atoms with Gasteiger partial charge < -0.3 is 5.32 Å². The summed E-state index contributed by atoms with van der Waals surface area (Å²) >= 11 is 4.54. The topological polar surface area (TPSA) is 85.1 Å². The number of hydrogen-bond donors (Lipinski definition) is 1. The van der Waals surface area contributed by atoms with Crippen LogP contribution in [-0.2, 0) is 11.2 Å². The number of nitrogens with one attached hydrogen (secondary N) is 1. The Morgan fingerprint density at radius 1 is 1.53 bits per heavy atom. The van der Waals surface area contributed by atoms with Crippen LogP contribution >= 0.6 is 27.3 Å². The largest absolute Gasteiger partial charge is 0.302 e. The molecule has 0 atom stereocenters. The molecular formula is C11H8BrN3O3S. The minimum atomic E-state index is -0.487. The van der Waals surface area contributed by atoms with Gasteiger partial charge in [-0.25, -0.2) is 4.98 Å². The Morgan fingerprint density at radius 3 is 2.95 bits per heavy atom. The predicted molar refractivity (Wildman–Crippen MR) is 75.2 cm³/mol. The van der Waals surface area contributed by atoms with Gasteiger partial charge in [0.15, 0.2) is 5.13 Å². The fourth-order valence-electron chi connectivity index (χ4n) is 1.44. The van der Waals surface area contributed by atoms with Gasteiger partial charge in [-0.1, -0.05) is 23.5 Å². The molecule has 98 valence electrons. The molecule has 2 rings (SSSR count). The van der Waals surface area contributed by atoms with Gasteiger partial charge >= 0.3 is 0 Å². The number of amides is 1. The van der Waals surface area contributed by atoms with Crippen molar-refractivity contribution in [3.05, 3.63) is 49.9 Å². The monoisotopic (exact) mass is 341 g/mol. The van der Waals surface area contributed by atoms with Gasteiger partial charge in [0.25, 0.3) is 5.69 Å². The number of carbonyl (C=O) groups is 1. The Balaban J connectivity index is 2.02. The SMILES string of the molecule is O=C(Cc1cccc([N+](=O)[O-])c1)Nc1ncc(Br)s1. The molecule has 0 radical (unpaired) electrons. The smallest absolute Gasteiger partial charge is 0.269 e. The van der Waals surface area contributed by atoms with Crippen molar-refractivity contribution in [3.63, 3.8) is 0 Å². The number of nitro benzene ring substituents is 1. The fourth-order valence-corrected chi connectivity index (χ4v) is 2.56. The molecule has 0 aliphatic carbocycles. The third-order valence-electron chi connectivity index (χ3n) is 2.21. The highest BCUT2D eigenvalue weighted by Gasteiger charge is 2.10. The number of rotatable bonds is 4. The van der Waals surface area contributed by atoms with Crippen molar-refractivity contribution in [1.82, 2.24) is 4.98 Å². The molecule has 0 saturated heterocycles. The average Bonchev–Trinajstić information content (AvgIpc) is 2.74. The number of aromatic nitrogens is 1. The second-order valence-corrected chi connectivity index (χ2v) is 6.03. The molecule has 1 N–H and O–H groups in total. The molecule has 6 nitrogen and oxygen atoms in total. The van der Waals surface area contributed by atoms with E-state index >= 15 is 0 Å². The average molecular weight is 342 g/mol. The van der Waals surface area contributed by atoms with E-state index in [-0.39, 0.29) is 18.0 Å². The van der Waals surface area contributed by atoms with Crippen molar-refractivity contribution in [2.75, 3.05) is 5.32 Å². The van der Waals surface area contributed by atoms with E-state index < -0.39 is 4.92 Å². The van der Waals surface area contributed by atoms with Crippen molar-refractivity contribution < 1.29 is 9.72 Å². The molecule has 1 aromatic heterocycles. The molecule has 2 aromatic rings. The zero-order valence-corrected chi connectivity index (χ0v) is 11.9. The number of carbonyl (C=O) groups excluding carboxylic acids is 1. The van der Waals surface area contributed by atoms with Crippen molar-refractivity contribution in [3.8, 4) is 0 Å². The Kier molecular flexibility index (Phi) is 4.23. The summed E-state index contributed by atoms with van der Waals surface area (Å²) in [6, 6.07) is 6.00. The summed E-state index contributed by atoms with van der Waals surface area (Å²) in [6.45, 7) is 0. The highest BCUT2D eigenvalue weighted by molar-refractivity contribution is 9.11. The number of thiazole rings is 1. The Morgan fingerprint density at radius 2 is 2.32 bits per heavy atom. The van der Waals surface area contributed by atoms with Crippen LogP contribution in [0.2, 0.25) is 0 Å². The summed E-state index contributed by atoms with van der Waals surface area (Å²) in [4.78, 5) is 25.9. The van der Waals surface area contributed by atoms with Crippen molar-refractivity contribution in [2.45, 2.75) is 6.42 Å². The van der Waals surface area contributed by atoms with Crippen LogP contribution in [0.3, 0.4) is 0 Å². The van der Waals surface area contributed by atoms with Crippen molar-refractivity contribution >= 4 is 44.0 Å². The van der Waals surface area contributed by atoms with Crippen molar-refractivity contribution in [2.24, 2.45) is 0 Å². The number of benzene rings is 1. The summed E-state index contributed by atoms with van der Waals surface area (Å²) in [5.74, 6) is -0.262. The zero-order chi connectivity index (χ0) is 13.8. The van der Waals surface area contributed by atoms with E-state index in [1.165, 1.54) is 23.5 Å². The predicted octanol–water partition coefficient (Wildman–Crippen LogP) is 3.00. The first kappa shape index (κ1) is 13.6. The van der Waals surface area contributed by atoms with E-state index in [2.05, 4.69) is 26.2 Å². The lowest BCUT2D eigenvalue weighted by Gasteiger charge is -2.01. The van der Waals surface area contributed by atoms with Crippen LogP contribution in [0.4, 0.5) is 10.8 Å². The van der Waals surface area contributed by atoms with Gasteiger partial charge in [0.1, 0.15) is 0 Å². The minimum Gasteiger partial charge on any atom is -0.302 e. The highest BCUT2D eigenvalue weighted by atomic mass is 79.9. The number of hydrogen-bond acceptors (Lipinski definition) is 5. The third-order valence-corrected chi connectivity index (χ3v) is 3.60. The molecule has 1 heterocycles. The molecule has 1 aromatic carbocycles. The molecular weight excluding hydrogens is 334 g/mol. The summed E-state index contributed by atoms with van der Waals surface area (Å²) in [5, 5.41) is 13.7. The Labute approximate surface area is 120 Å². The van der Waals surface area contributed by atoms with Gasteiger partial charge in [0.2, 0.25) is 5.91 Å². The lowest BCUT2D eigenvalue weighted by Crippen LogP contribution is -2.14. The second kappa shape index (κ2) is 5.89. The van der Waals surface area contributed by atoms with E-state index in [1.807, 2.05) is 0 Å². The molecule has 8 heteroatoms. The maximum atomic E-state index is 11.7. The number of nitro groups is 1. The van der Waals surface area contributed by atoms with E-state index in [0.29, 0.717) is 10.7 Å². The van der Waals surface area contributed by atoms with Crippen LogP contribution in [-0.4, -0.2) is 15.8 Å². The summed E-state index contributed by atoms with van der Waals surface area (Å²) in [6.07, 6.45) is 1.66. The van der Waals surface area contributed by atoms with Crippen LogP contribution in [0, 0.1) is 10.1 Å². The van der Waals surface area contributed by atoms with E-state index in [1.54, 1.807) is 18.3 Å². The molecule has 0 spiro atoms. The van der Waals surface area contributed by atoms with Gasteiger partial charge in [-0.2, -0.15) is 0 Å². The Bertz CT molecular complexity index is 629. The van der Waals surface area contributed by atoms with Crippen LogP contribution in [0.25, 0.3) is 0 Å². The summed E-state index contributed by atoms with van der Waals surface area (Å²) in [5.41, 5.74) is 0.560. The molecule has 1 amide bonds. The number of anilines is 1. The van der Waals surface area contributed by atoms with E-state index in [0.717, 1.165) is 3.79 Å². The highest BCUT2D eigenvalue weighted by Crippen LogP contribution is 2.23. The van der Waals surface area contributed by atoms with E-state index in [4.69, 9.17) is 0 Å². The number of nitrogens with zero attached hydrogens (tertiary/aromatic N) is 2. The summed E-state index contributed by atoms with van der Waals surface area (Å²) in [7, 11) is 0. The summed E-state index contributed by atoms with van der Waals surface area (Å²) < 4.78 is 0.818. The molecule has 0 fully saturated rings. The van der Waals surface area contributed by atoms with Gasteiger partial charge in [0.05, 0.1) is 21.3 Å². The van der Waals surface area contributed by atoms with Gasteiger partial charge in [-0.05, 0) is 21.5 Å². The molecule has 0 bridgehead atoms. The zero-order valence-electron chi connectivity index (χ0n) is 9.50. The molecule has 0 saturated carbocycles. The second-order valence-electron chi connectivity index (χ2n) is 3.62. The van der Waals surface area contributed by atoms with Crippen LogP contribution in [0.15, 0.2) is 34.2 Å². The molecule has 0 unspecified atom stereocenters. The van der Waals surface area contributed by atoms with Gasteiger partial charge in [-0.15, -0.1) is 0 Å². The van der Waals surface area contributed by atoms with Gasteiger partial charge in [-0.3, -0.25) is 14.9 Å². The minimum absolute atomic E-state index is 0.0257. The normalized spacial score (nSPS) is 10.2. The number of non-ortho nitro benzene ring substituents is 1.